The van der Waals surface area contributed by atoms with Gasteiger partial charge in [0.15, 0.2) is 10.9 Å². The Morgan fingerprint density at radius 3 is 1.28 bits per heavy atom. The van der Waals surface area contributed by atoms with E-state index in [1.165, 1.54) is 0 Å². The van der Waals surface area contributed by atoms with Crippen molar-refractivity contribution in [3.8, 4) is 0 Å². The molecule has 170 valence electrons. The van der Waals surface area contributed by atoms with Crippen LogP contribution in [0.4, 0.5) is 0 Å². The van der Waals surface area contributed by atoms with E-state index in [9.17, 15) is 19.2 Å². The minimum Gasteiger partial charge on any atom is -0.481 e. The second-order valence-corrected chi connectivity index (χ2v) is 8.84. The van der Waals surface area contributed by atoms with E-state index in [4.69, 9.17) is 19.7 Å². The summed E-state index contributed by atoms with van der Waals surface area (Å²) in [7, 11) is 2.28. The minimum atomic E-state index is -1.10. The molecule has 10 heteroatoms. The third-order valence-corrected chi connectivity index (χ3v) is 6.52. The lowest BCUT2D eigenvalue weighted by atomic mass is 10.2. The van der Waals surface area contributed by atoms with E-state index in [0.29, 0.717) is 11.1 Å². The number of carbonyl (C=O) groups excluding carboxylic acids is 2. The summed E-state index contributed by atoms with van der Waals surface area (Å²) in [5.74, 6) is -3.52. The highest BCUT2D eigenvalue weighted by molar-refractivity contribution is 8.76. The predicted octanol–water partition coefficient (Wildman–Crippen LogP) is 4.58. The molecular weight excluding hydrogens is 456 g/mol. The molecule has 0 amide bonds. The van der Waals surface area contributed by atoms with E-state index in [1.54, 1.807) is 48.5 Å². The first-order valence-corrected chi connectivity index (χ1v) is 11.9. The van der Waals surface area contributed by atoms with Gasteiger partial charge in [-0.3, -0.25) is 19.2 Å². The lowest BCUT2D eigenvalue weighted by molar-refractivity contribution is -0.149. The predicted molar refractivity (Wildman–Crippen MR) is 119 cm³/mol. The van der Waals surface area contributed by atoms with E-state index >= 15 is 0 Å². The average Bonchev–Trinajstić information content (AvgIpc) is 2.79. The van der Waals surface area contributed by atoms with Crippen LogP contribution in [0.3, 0.4) is 0 Å². The molecule has 0 saturated carbocycles. The molecule has 0 heterocycles. The maximum absolute atomic E-state index is 12.1. The van der Waals surface area contributed by atoms with Gasteiger partial charge in [-0.2, -0.15) is 0 Å². The molecule has 0 spiro atoms. The Labute approximate surface area is 192 Å². The number of hydrogen-bond donors (Lipinski definition) is 2. The fourth-order valence-corrected chi connectivity index (χ4v) is 4.92. The molecule has 0 fully saturated rings. The van der Waals surface area contributed by atoms with Crippen LogP contribution in [0.5, 0.6) is 0 Å². The normalized spacial score (nSPS) is 12.4. The number of carbonyl (C=O) groups is 4. The Morgan fingerprint density at radius 2 is 0.969 bits per heavy atom. The summed E-state index contributed by atoms with van der Waals surface area (Å²) in [4.78, 5) is 45.7. The molecule has 0 aliphatic heterocycles. The van der Waals surface area contributed by atoms with Gasteiger partial charge in [-0.05, 0) is 21.6 Å². The van der Waals surface area contributed by atoms with Crippen molar-refractivity contribution in [1.29, 1.82) is 0 Å². The fourth-order valence-electron chi connectivity index (χ4n) is 2.38. The first-order chi connectivity index (χ1) is 15.3. The van der Waals surface area contributed by atoms with Crippen molar-refractivity contribution in [2.75, 3.05) is 0 Å². The molecule has 2 N–H and O–H groups in total. The SMILES string of the molecule is O=C(O)CCC(=O)OC(SSC(OC(=O)CCC(=O)O)c1ccccc1)c1ccccc1. The molecule has 2 unspecified atom stereocenters. The number of aliphatic carboxylic acids is 2. The van der Waals surface area contributed by atoms with Gasteiger partial charge >= 0.3 is 23.9 Å². The van der Waals surface area contributed by atoms with Crippen LogP contribution in [-0.2, 0) is 28.7 Å². The van der Waals surface area contributed by atoms with E-state index < -0.39 is 34.7 Å². The average molecular weight is 479 g/mol. The Balaban J connectivity index is 2.11. The van der Waals surface area contributed by atoms with Crippen LogP contribution in [0.25, 0.3) is 0 Å². The summed E-state index contributed by atoms with van der Waals surface area (Å²) in [5, 5.41) is 17.6. The van der Waals surface area contributed by atoms with Crippen molar-refractivity contribution in [1.82, 2.24) is 0 Å². The molecule has 2 aromatic rings. The zero-order chi connectivity index (χ0) is 23.3. The van der Waals surface area contributed by atoms with Gasteiger partial charge in [0.2, 0.25) is 0 Å². The van der Waals surface area contributed by atoms with Crippen LogP contribution < -0.4 is 0 Å². The Hall–Kier alpha value is -2.98. The molecule has 8 nitrogen and oxygen atoms in total. The monoisotopic (exact) mass is 478 g/mol. The number of hydrogen-bond acceptors (Lipinski definition) is 8. The molecule has 2 rings (SSSR count). The zero-order valence-corrected chi connectivity index (χ0v) is 18.6. The summed E-state index contributed by atoms with van der Waals surface area (Å²) in [6, 6.07) is 17.8. The summed E-state index contributed by atoms with van der Waals surface area (Å²) in [6.45, 7) is 0. The van der Waals surface area contributed by atoms with Crippen molar-refractivity contribution in [3.63, 3.8) is 0 Å². The largest absolute Gasteiger partial charge is 0.481 e. The molecule has 0 aliphatic rings. The van der Waals surface area contributed by atoms with Gasteiger partial charge in [0.05, 0.1) is 25.7 Å². The second-order valence-electron chi connectivity index (χ2n) is 6.44. The maximum atomic E-state index is 12.1. The van der Waals surface area contributed by atoms with Gasteiger partial charge in [0, 0.05) is 11.1 Å². The molecule has 2 atom stereocenters. The molecule has 2 aromatic carbocycles. The Kier molecular flexibility index (Phi) is 10.6. The molecule has 0 aliphatic carbocycles. The van der Waals surface area contributed by atoms with Crippen LogP contribution in [0, 0.1) is 0 Å². The van der Waals surface area contributed by atoms with Crippen molar-refractivity contribution >= 4 is 45.5 Å². The third kappa shape index (κ3) is 9.44. The fraction of sp³-hybridized carbons (Fsp3) is 0.273. The highest BCUT2D eigenvalue weighted by Gasteiger charge is 2.24. The Morgan fingerprint density at radius 1 is 0.625 bits per heavy atom. The summed E-state index contributed by atoms with van der Waals surface area (Å²) < 4.78 is 11.0. The van der Waals surface area contributed by atoms with E-state index in [0.717, 1.165) is 21.6 Å². The summed E-state index contributed by atoms with van der Waals surface area (Å²) >= 11 is 0. The van der Waals surface area contributed by atoms with E-state index in [1.807, 2.05) is 12.1 Å². The lowest BCUT2D eigenvalue weighted by Crippen LogP contribution is -2.12. The van der Waals surface area contributed by atoms with Crippen LogP contribution in [0.1, 0.15) is 47.7 Å². The van der Waals surface area contributed by atoms with Gasteiger partial charge in [0.1, 0.15) is 0 Å². The van der Waals surface area contributed by atoms with Crippen LogP contribution in [-0.4, -0.2) is 34.1 Å². The number of carboxylic acids is 2. The van der Waals surface area contributed by atoms with Gasteiger partial charge in [0.25, 0.3) is 0 Å². The number of rotatable bonds is 13. The maximum Gasteiger partial charge on any atom is 0.307 e. The number of benzene rings is 2. The first-order valence-electron chi connectivity index (χ1n) is 9.59. The van der Waals surface area contributed by atoms with Crippen LogP contribution >= 0.6 is 21.6 Å². The van der Waals surface area contributed by atoms with Gasteiger partial charge in [-0.1, -0.05) is 60.7 Å². The highest BCUT2D eigenvalue weighted by Crippen LogP contribution is 2.47. The van der Waals surface area contributed by atoms with Crippen molar-refractivity contribution < 1.29 is 38.9 Å². The van der Waals surface area contributed by atoms with Gasteiger partial charge < -0.3 is 19.7 Å². The topological polar surface area (TPSA) is 127 Å². The Bertz CT molecular complexity index is 829. The lowest BCUT2D eigenvalue weighted by Gasteiger charge is -2.21. The molecule has 32 heavy (non-hydrogen) atoms. The quantitative estimate of drug-likeness (QED) is 0.240. The smallest absolute Gasteiger partial charge is 0.307 e. The van der Waals surface area contributed by atoms with Crippen LogP contribution in [0.15, 0.2) is 60.7 Å². The van der Waals surface area contributed by atoms with E-state index in [2.05, 4.69) is 0 Å². The van der Waals surface area contributed by atoms with Crippen molar-refractivity contribution in [3.05, 3.63) is 71.8 Å². The molecule has 0 saturated heterocycles. The summed E-state index contributed by atoms with van der Waals surface area (Å²) in [6.07, 6.45) is -1.22. The molecular formula is C22H22O8S2. The second kappa shape index (κ2) is 13.4. The van der Waals surface area contributed by atoms with Crippen molar-refractivity contribution in [2.45, 2.75) is 36.6 Å². The number of esters is 2. The molecule has 0 aromatic heterocycles. The number of carboxylic acid groups (broad SMARTS) is 2. The minimum absolute atomic E-state index is 0.268. The van der Waals surface area contributed by atoms with E-state index in [-0.39, 0.29) is 25.7 Å². The molecule has 0 radical (unpaired) electrons. The van der Waals surface area contributed by atoms with Gasteiger partial charge in [-0.25, -0.2) is 0 Å². The van der Waals surface area contributed by atoms with Crippen molar-refractivity contribution in [2.24, 2.45) is 0 Å². The first kappa shape index (κ1) is 25.3. The van der Waals surface area contributed by atoms with Gasteiger partial charge in [-0.15, -0.1) is 0 Å². The summed E-state index contributed by atoms with van der Waals surface area (Å²) in [5.41, 5.74) is -0.187. The standard InChI is InChI=1S/C22H22O8S2/c23-17(24)11-13-19(27)29-21(15-7-3-1-4-8-15)31-32-22(16-9-5-2-6-10-16)30-20(28)14-12-18(25)26/h1-10,21-22H,11-14H2,(H,23,24)(H,25,26). The molecule has 0 bridgehead atoms. The third-order valence-electron chi connectivity index (χ3n) is 3.94. The zero-order valence-electron chi connectivity index (χ0n) is 16.9. The number of ether oxygens (including phenoxy) is 2. The van der Waals surface area contributed by atoms with Crippen LogP contribution in [0.2, 0.25) is 0 Å². The highest BCUT2D eigenvalue weighted by atomic mass is 33.1.